The highest BCUT2D eigenvalue weighted by molar-refractivity contribution is 7.16. The third kappa shape index (κ3) is 2.50. The van der Waals surface area contributed by atoms with Crippen LogP contribution in [0.1, 0.15) is 5.01 Å². The van der Waals surface area contributed by atoms with E-state index >= 15 is 0 Å². The van der Waals surface area contributed by atoms with E-state index in [1.54, 1.807) is 31.4 Å². The highest BCUT2D eigenvalue weighted by Gasteiger charge is 2.13. The highest BCUT2D eigenvalue weighted by Crippen LogP contribution is 2.18. The molecular weight excluding hydrogens is 290 g/mol. The second-order valence-electron chi connectivity index (χ2n) is 4.31. The van der Waals surface area contributed by atoms with Crippen molar-refractivity contribution in [2.75, 3.05) is 13.7 Å². The molecule has 1 aromatic carbocycles. The Morgan fingerprint density at radius 3 is 2.71 bits per heavy atom. The summed E-state index contributed by atoms with van der Waals surface area (Å²) in [5, 5.41) is 13.1. The highest BCUT2D eigenvalue weighted by atomic mass is 32.1. The van der Waals surface area contributed by atoms with Gasteiger partial charge in [-0.25, -0.2) is 0 Å². The van der Waals surface area contributed by atoms with E-state index in [9.17, 15) is 4.79 Å². The van der Waals surface area contributed by atoms with Gasteiger partial charge in [-0.2, -0.15) is 9.61 Å². The van der Waals surface area contributed by atoms with E-state index < -0.39 is 0 Å². The zero-order chi connectivity index (χ0) is 14.8. The van der Waals surface area contributed by atoms with Gasteiger partial charge >= 0.3 is 5.56 Å². The van der Waals surface area contributed by atoms with Crippen LogP contribution in [0.3, 0.4) is 0 Å². The minimum absolute atomic E-state index is 0.264. The lowest BCUT2D eigenvalue weighted by atomic mass is 10.1. The average Bonchev–Trinajstić information content (AvgIpc) is 2.92. The molecule has 0 aliphatic rings. The van der Waals surface area contributed by atoms with Gasteiger partial charge in [-0.15, -0.1) is 10.2 Å². The number of fused-ring (bicyclic) bond motifs is 1. The van der Waals surface area contributed by atoms with Crippen LogP contribution in [-0.4, -0.2) is 33.5 Å². The van der Waals surface area contributed by atoms with Crippen molar-refractivity contribution in [3.05, 3.63) is 39.6 Å². The molecule has 108 valence electrons. The monoisotopic (exact) mass is 303 g/mol. The normalized spacial score (nSPS) is 11.0. The number of aromatic nitrogens is 4. The number of benzene rings is 1. The standard InChI is InChI=1S/C13H13N5O2S/c1-20-9-4-2-8(3-5-9)11-12(19)18-13(16-15-11)21-10(17-18)6-7-14/h2-5H,6-7,14H2,1H3. The second kappa shape index (κ2) is 5.58. The van der Waals surface area contributed by atoms with Crippen molar-refractivity contribution in [3.8, 4) is 17.0 Å². The lowest BCUT2D eigenvalue weighted by molar-refractivity contribution is 0.415. The molecule has 0 amide bonds. The van der Waals surface area contributed by atoms with Gasteiger partial charge in [0.05, 0.1) is 7.11 Å². The Kier molecular flexibility index (Phi) is 3.63. The van der Waals surface area contributed by atoms with Crippen LogP contribution < -0.4 is 16.0 Å². The van der Waals surface area contributed by atoms with Gasteiger partial charge in [-0.3, -0.25) is 4.79 Å². The number of ether oxygens (including phenoxy) is 1. The molecule has 0 bridgehead atoms. The van der Waals surface area contributed by atoms with E-state index in [0.29, 0.717) is 29.2 Å². The molecule has 21 heavy (non-hydrogen) atoms. The predicted molar refractivity (Wildman–Crippen MR) is 79.7 cm³/mol. The summed E-state index contributed by atoms with van der Waals surface area (Å²) < 4.78 is 6.37. The molecule has 2 N–H and O–H groups in total. The summed E-state index contributed by atoms with van der Waals surface area (Å²) >= 11 is 1.32. The van der Waals surface area contributed by atoms with Gasteiger partial charge in [0.15, 0.2) is 5.69 Å². The van der Waals surface area contributed by atoms with Gasteiger partial charge in [0.1, 0.15) is 10.8 Å². The van der Waals surface area contributed by atoms with E-state index in [1.807, 2.05) is 0 Å². The molecular formula is C13H13N5O2S. The molecule has 0 aliphatic heterocycles. The lowest BCUT2D eigenvalue weighted by Gasteiger charge is -2.01. The number of hydrogen-bond acceptors (Lipinski definition) is 7. The predicted octanol–water partition coefficient (Wildman–Crippen LogP) is 0.723. The molecule has 0 radical (unpaired) electrons. The Balaban J connectivity index is 2.10. The molecule has 0 saturated heterocycles. The number of methoxy groups -OCH3 is 1. The number of hydrogen-bond donors (Lipinski definition) is 1. The second-order valence-corrected chi connectivity index (χ2v) is 5.35. The molecule has 0 spiro atoms. The van der Waals surface area contributed by atoms with Crippen LogP contribution in [-0.2, 0) is 6.42 Å². The molecule has 0 unspecified atom stereocenters. The molecule has 7 nitrogen and oxygen atoms in total. The molecule has 2 heterocycles. The van der Waals surface area contributed by atoms with Crippen LogP contribution in [0.4, 0.5) is 0 Å². The Morgan fingerprint density at radius 2 is 2.05 bits per heavy atom. The van der Waals surface area contributed by atoms with Gasteiger partial charge in [-0.1, -0.05) is 11.3 Å². The van der Waals surface area contributed by atoms with Gasteiger partial charge in [0.2, 0.25) is 4.96 Å². The van der Waals surface area contributed by atoms with Crippen LogP contribution in [0.15, 0.2) is 29.1 Å². The van der Waals surface area contributed by atoms with Crippen molar-refractivity contribution in [2.45, 2.75) is 6.42 Å². The molecule has 0 aliphatic carbocycles. The SMILES string of the molecule is COc1ccc(-c2nnc3sc(CCN)nn3c2=O)cc1. The van der Waals surface area contributed by atoms with Gasteiger partial charge in [0, 0.05) is 12.0 Å². The zero-order valence-electron chi connectivity index (χ0n) is 11.3. The summed E-state index contributed by atoms with van der Waals surface area (Å²) in [6.07, 6.45) is 0.616. The van der Waals surface area contributed by atoms with E-state index in [2.05, 4.69) is 15.3 Å². The molecule has 8 heteroatoms. The van der Waals surface area contributed by atoms with Crippen molar-refractivity contribution in [2.24, 2.45) is 5.73 Å². The van der Waals surface area contributed by atoms with Crippen LogP contribution in [0, 0.1) is 0 Å². The Bertz CT molecular complexity index is 825. The summed E-state index contributed by atoms with van der Waals surface area (Å²) in [5.74, 6) is 0.715. The molecule has 0 atom stereocenters. The molecule has 0 saturated carbocycles. The summed E-state index contributed by atoms with van der Waals surface area (Å²) in [4.78, 5) is 12.9. The molecule has 2 aromatic heterocycles. The smallest absolute Gasteiger partial charge is 0.302 e. The zero-order valence-corrected chi connectivity index (χ0v) is 12.1. The van der Waals surface area contributed by atoms with Crippen LogP contribution in [0.2, 0.25) is 0 Å². The maximum absolute atomic E-state index is 12.4. The van der Waals surface area contributed by atoms with Crippen LogP contribution >= 0.6 is 11.3 Å². The largest absolute Gasteiger partial charge is 0.497 e. The van der Waals surface area contributed by atoms with E-state index in [1.165, 1.54) is 15.9 Å². The quantitative estimate of drug-likeness (QED) is 0.763. The summed E-state index contributed by atoms with van der Waals surface area (Å²) in [6, 6.07) is 7.08. The molecule has 3 rings (SSSR count). The minimum atomic E-state index is -0.287. The van der Waals surface area contributed by atoms with Crippen LogP contribution in [0.25, 0.3) is 16.2 Å². The summed E-state index contributed by atoms with van der Waals surface area (Å²) in [6.45, 7) is 0.480. The number of rotatable bonds is 4. The van der Waals surface area contributed by atoms with Gasteiger partial charge in [-0.05, 0) is 30.8 Å². The average molecular weight is 303 g/mol. The summed E-state index contributed by atoms with van der Waals surface area (Å²) in [5.41, 5.74) is 6.15. The first kappa shape index (κ1) is 13.7. The van der Waals surface area contributed by atoms with Crippen molar-refractivity contribution in [1.29, 1.82) is 0 Å². The first-order valence-corrected chi connectivity index (χ1v) is 7.14. The first-order chi connectivity index (χ1) is 10.2. The lowest BCUT2D eigenvalue weighted by Crippen LogP contribution is -2.19. The summed E-state index contributed by atoms with van der Waals surface area (Å²) in [7, 11) is 1.59. The maximum atomic E-state index is 12.4. The molecule has 0 fully saturated rings. The Morgan fingerprint density at radius 1 is 1.29 bits per heavy atom. The van der Waals surface area contributed by atoms with E-state index in [-0.39, 0.29) is 11.3 Å². The first-order valence-electron chi connectivity index (χ1n) is 6.33. The number of nitrogens with zero attached hydrogens (tertiary/aromatic N) is 4. The van der Waals surface area contributed by atoms with Crippen molar-refractivity contribution in [3.63, 3.8) is 0 Å². The number of nitrogens with two attached hydrogens (primary N) is 1. The maximum Gasteiger partial charge on any atom is 0.302 e. The Labute approximate surface area is 124 Å². The van der Waals surface area contributed by atoms with Crippen molar-refractivity contribution < 1.29 is 4.74 Å². The third-order valence-electron chi connectivity index (χ3n) is 2.95. The van der Waals surface area contributed by atoms with Crippen molar-refractivity contribution >= 4 is 16.3 Å². The van der Waals surface area contributed by atoms with E-state index in [0.717, 1.165) is 5.01 Å². The fourth-order valence-electron chi connectivity index (χ4n) is 1.91. The van der Waals surface area contributed by atoms with E-state index in [4.69, 9.17) is 10.5 Å². The van der Waals surface area contributed by atoms with Gasteiger partial charge in [0.25, 0.3) is 0 Å². The third-order valence-corrected chi connectivity index (χ3v) is 3.91. The van der Waals surface area contributed by atoms with Gasteiger partial charge < -0.3 is 10.5 Å². The fourth-order valence-corrected chi connectivity index (χ4v) is 2.75. The molecule has 3 aromatic rings. The minimum Gasteiger partial charge on any atom is -0.497 e. The van der Waals surface area contributed by atoms with Crippen LogP contribution in [0.5, 0.6) is 5.75 Å². The fraction of sp³-hybridized carbons (Fsp3) is 0.231. The van der Waals surface area contributed by atoms with Crippen molar-refractivity contribution in [1.82, 2.24) is 19.8 Å². The topological polar surface area (TPSA) is 95.4 Å². The Hall–Kier alpha value is -2.32.